The maximum atomic E-state index is 13.1. The lowest BCUT2D eigenvalue weighted by atomic mass is 10.2. The van der Waals surface area contributed by atoms with Gasteiger partial charge in [0.2, 0.25) is 0 Å². The molecule has 19 heavy (non-hydrogen) atoms. The Morgan fingerprint density at radius 3 is 2.68 bits per heavy atom. The molecule has 0 aliphatic carbocycles. The highest BCUT2D eigenvalue weighted by atomic mass is 19.1. The molecule has 0 saturated heterocycles. The molecule has 0 atom stereocenters. The summed E-state index contributed by atoms with van der Waals surface area (Å²) < 4.78 is 20.8. The molecular weight excluding hydrogens is 241 g/mol. The van der Waals surface area contributed by atoms with Gasteiger partial charge in [-0.25, -0.2) is 4.39 Å². The molecule has 0 radical (unpaired) electrons. The highest BCUT2D eigenvalue weighted by molar-refractivity contribution is 5.81. The highest BCUT2D eigenvalue weighted by Crippen LogP contribution is 2.20. The fourth-order valence-corrected chi connectivity index (χ4v) is 2.20. The van der Waals surface area contributed by atoms with Crippen molar-refractivity contribution in [3.63, 3.8) is 0 Å². The Balaban J connectivity index is 1.84. The summed E-state index contributed by atoms with van der Waals surface area (Å²) in [6.45, 7) is 0.425. The minimum atomic E-state index is -0.283. The Kier molecular flexibility index (Phi) is 2.95. The third-order valence-electron chi connectivity index (χ3n) is 3.23. The van der Waals surface area contributed by atoms with Crippen molar-refractivity contribution in [2.75, 3.05) is 0 Å². The van der Waals surface area contributed by atoms with Crippen molar-refractivity contribution in [2.45, 2.75) is 6.61 Å². The van der Waals surface area contributed by atoms with Gasteiger partial charge in [0.05, 0.1) is 5.69 Å². The fraction of sp³-hybridized carbons (Fsp3) is 0.125. The Morgan fingerprint density at radius 2 is 1.89 bits per heavy atom. The number of halogens is 1. The number of aromatic nitrogens is 1. The normalized spacial score (nSPS) is 10.8. The minimum Gasteiger partial charge on any atom is -0.487 e. The zero-order valence-electron chi connectivity index (χ0n) is 10.6. The van der Waals surface area contributed by atoms with Crippen molar-refractivity contribution in [3.8, 4) is 5.75 Å². The van der Waals surface area contributed by atoms with E-state index in [2.05, 4.69) is 22.8 Å². The Labute approximate surface area is 111 Å². The van der Waals surface area contributed by atoms with E-state index < -0.39 is 0 Å². The number of nitrogens with zero attached hydrogens (tertiary/aromatic N) is 1. The molecule has 3 rings (SSSR count). The zero-order chi connectivity index (χ0) is 13.2. The van der Waals surface area contributed by atoms with Gasteiger partial charge in [0, 0.05) is 18.6 Å². The predicted molar refractivity (Wildman–Crippen MR) is 73.7 cm³/mol. The fourth-order valence-electron chi connectivity index (χ4n) is 2.20. The standard InChI is InChI=1S/C16H14FNO/c1-18-14(9-12-5-2-3-8-16(12)18)11-19-15-7-4-6-13(17)10-15/h2-10H,11H2,1H3. The summed E-state index contributed by atoms with van der Waals surface area (Å²) in [5.74, 6) is 0.264. The molecule has 0 aliphatic rings. The van der Waals surface area contributed by atoms with Gasteiger partial charge in [-0.05, 0) is 29.7 Å². The van der Waals surface area contributed by atoms with Crippen LogP contribution in [-0.4, -0.2) is 4.57 Å². The van der Waals surface area contributed by atoms with Crippen molar-refractivity contribution < 1.29 is 9.13 Å². The lowest BCUT2D eigenvalue weighted by Gasteiger charge is -2.07. The van der Waals surface area contributed by atoms with Crippen LogP contribution in [0.4, 0.5) is 4.39 Å². The molecule has 0 aliphatic heterocycles. The van der Waals surface area contributed by atoms with Gasteiger partial charge in [-0.2, -0.15) is 0 Å². The van der Waals surface area contributed by atoms with Crippen LogP contribution in [0.15, 0.2) is 54.6 Å². The molecule has 1 heterocycles. The molecular formula is C16H14FNO. The van der Waals surface area contributed by atoms with Crippen molar-refractivity contribution in [2.24, 2.45) is 7.05 Å². The summed E-state index contributed by atoms with van der Waals surface area (Å²) in [5.41, 5.74) is 2.23. The number of para-hydroxylation sites is 1. The lowest BCUT2D eigenvalue weighted by molar-refractivity contribution is 0.296. The van der Waals surface area contributed by atoms with E-state index in [-0.39, 0.29) is 5.82 Å². The number of hydrogen-bond donors (Lipinski definition) is 0. The van der Waals surface area contributed by atoms with E-state index in [1.165, 1.54) is 23.0 Å². The first-order valence-electron chi connectivity index (χ1n) is 6.16. The van der Waals surface area contributed by atoms with Crippen LogP contribution in [0, 0.1) is 5.82 Å². The van der Waals surface area contributed by atoms with E-state index in [0.717, 1.165) is 5.69 Å². The topological polar surface area (TPSA) is 14.2 Å². The smallest absolute Gasteiger partial charge is 0.128 e. The molecule has 0 spiro atoms. The summed E-state index contributed by atoms with van der Waals surface area (Å²) in [7, 11) is 2.01. The van der Waals surface area contributed by atoms with Gasteiger partial charge in [0.25, 0.3) is 0 Å². The van der Waals surface area contributed by atoms with Crippen LogP contribution in [-0.2, 0) is 13.7 Å². The Bertz CT molecular complexity index is 718. The first-order valence-corrected chi connectivity index (χ1v) is 6.16. The average molecular weight is 255 g/mol. The van der Waals surface area contributed by atoms with Gasteiger partial charge >= 0.3 is 0 Å². The van der Waals surface area contributed by atoms with E-state index in [0.29, 0.717) is 12.4 Å². The molecule has 2 aromatic carbocycles. The summed E-state index contributed by atoms with van der Waals surface area (Å²) in [5, 5.41) is 1.18. The van der Waals surface area contributed by atoms with Crippen LogP contribution in [0.25, 0.3) is 10.9 Å². The molecule has 2 nitrogen and oxygen atoms in total. The molecule has 1 aromatic heterocycles. The van der Waals surface area contributed by atoms with Crippen molar-refractivity contribution in [1.82, 2.24) is 4.57 Å². The average Bonchev–Trinajstić information content (AvgIpc) is 2.74. The monoisotopic (exact) mass is 255 g/mol. The Hall–Kier alpha value is -2.29. The third-order valence-corrected chi connectivity index (χ3v) is 3.23. The van der Waals surface area contributed by atoms with Gasteiger partial charge in [-0.15, -0.1) is 0 Å². The van der Waals surface area contributed by atoms with Crippen LogP contribution in [0.1, 0.15) is 5.69 Å². The van der Waals surface area contributed by atoms with Gasteiger partial charge < -0.3 is 9.30 Å². The third kappa shape index (κ3) is 2.32. The van der Waals surface area contributed by atoms with Gasteiger partial charge in [-0.1, -0.05) is 24.3 Å². The SMILES string of the molecule is Cn1c(COc2cccc(F)c2)cc2ccccc21. The van der Waals surface area contributed by atoms with Crippen molar-refractivity contribution >= 4 is 10.9 Å². The van der Waals surface area contributed by atoms with Crippen LogP contribution >= 0.6 is 0 Å². The van der Waals surface area contributed by atoms with Gasteiger partial charge in [-0.3, -0.25) is 0 Å². The number of fused-ring (bicyclic) bond motifs is 1. The van der Waals surface area contributed by atoms with Crippen LogP contribution in [0.3, 0.4) is 0 Å². The first kappa shape index (κ1) is 11.8. The summed E-state index contributed by atoms with van der Waals surface area (Å²) >= 11 is 0. The number of ether oxygens (including phenoxy) is 1. The van der Waals surface area contributed by atoms with Gasteiger partial charge in [0.1, 0.15) is 18.2 Å². The second-order valence-electron chi connectivity index (χ2n) is 4.50. The van der Waals surface area contributed by atoms with E-state index in [9.17, 15) is 4.39 Å². The van der Waals surface area contributed by atoms with Crippen molar-refractivity contribution in [1.29, 1.82) is 0 Å². The minimum absolute atomic E-state index is 0.283. The van der Waals surface area contributed by atoms with Crippen LogP contribution < -0.4 is 4.74 Å². The van der Waals surface area contributed by atoms with E-state index in [4.69, 9.17) is 4.74 Å². The largest absolute Gasteiger partial charge is 0.487 e. The number of aryl methyl sites for hydroxylation is 1. The Morgan fingerprint density at radius 1 is 1.05 bits per heavy atom. The summed E-state index contributed by atoms with van der Waals surface area (Å²) in [6, 6.07) is 16.5. The zero-order valence-corrected chi connectivity index (χ0v) is 10.6. The van der Waals surface area contributed by atoms with Crippen molar-refractivity contribution in [3.05, 3.63) is 66.1 Å². The highest BCUT2D eigenvalue weighted by Gasteiger charge is 2.05. The van der Waals surface area contributed by atoms with Gasteiger partial charge in [0.15, 0.2) is 0 Å². The first-order chi connectivity index (χ1) is 9.24. The number of rotatable bonds is 3. The molecule has 0 saturated carbocycles. The number of benzene rings is 2. The molecule has 96 valence electrons. The summed E-state index contributed by atoms with van der Waals surface area (Å²) in [6.07, 6.45) is 0. The van der Waals surface area contributed by atoms with Crippen LogP contribution in [0.5, 0.6) is 5.75 Å². The van der Waals surface area contributed by atoms with E-state index in [1.54, 1.807) is 12.1 Å². The molecule has 0 amide bonds. The molecule has 3 aromatic rings. The maximum absolute atomic E-state index is 13.1. The molecule has 0 fully saturated rings. The quantitative estimate of drug-likeness (QED) is 0.692. The maximum Gasteiger partial charge on any atom is 0.128 e. The van der Waals surface area contributed by atoms with E-state index >= 15 is 0 Å². The predicted octanol–water partition coefficient (Wildman–Crippen LogP) is 3.90. The molecule has 0 bridgehead atoms. The lowest BCUT2D eigenvalue weighted by Crippen LogP contribution is -2.01. The van der Waals surface area contributed by atoms with E-state index in [1.807, 2.05) is 19.2 Å². The second-order valence-corrected chi connectivity index (χ2v) is 4.50. The molecule has 0 N–H and O–H groups in total. The summed E-state index contributed by atoms with van der Waals surface area (Å²) in [4.78, 5) is 0. The van der Waals surface area contributed by atoms with Crippen LogP contribution in [0.2, 0.25) is 0 Å². The second kappa shape index (κ2) is 4.76. The molecule has 0 unspecified atom stereocenters. The number of hydrogen-bond acceptors (Lipinski definition) is 1. The molecule has 3 heteroatoms.